The first-order valence-corrected chi connectivity index (χ1v) is 8.01. The second-order valence-corrected chi connectivity index (χ2v) is 6.22. The van der Waals surface area contributed by atoms with Crippen LogP contribution in [0.4, 0.5) is 0 Å². The maximum atomic E-state index is 11.8. The number of amides is 1. The molecule has 3 aliphatic rings. The maximum absolute atomic E-state index is 11.8. The number of carbonyl (C=O) groups excluding carboxylic acids is 1. The number of hydrogen-bond donors (Lipinski definition) is 0. The molecule has 3 nitrogen and oxygen atoms in total. The molecule has 4 rings (SSSR count). The quantitative estimate of drug-likeness (QED) is 0.853. The van der Waals surface area contributed by atoms with Gasteiger partial charge in [0.25, 0.3) is 0 Å². The Bertz CT molecular complexity index is 545. The number of benzene rings is 1. The minimum absolute atomic E-state index is 0.288. The smallest absolute Gasteiger partial charge is 0.222 e. The normalized spacial score (nSPS) is 25.1. The van der Waals surface area contributed by atoms with Crippen molar-refractivity contribution in [1.82, 2.24) is 9.80 Å². The molecule has 1 aromatic carbocycles. The molecule has 0 N–H and O–H groups in total. The summed E-state index contributed by atoms with van der Waals surface area (Å²) in [6.45, 7) is 4.66. The molecule has 1 amide bonds. The zero-order valence-corrected chi connectivity index (χ0v) is 13.1. The molecule has 2 bridgehead atoms. The number of piperazine rings is 1. The molecule has 1 aromatic rings. The van der Waals surface area contributed by atoms with Crippen molar-refractivity contribution < 1.29 is 4.79 Å². The van der Waals surface area contributed by atoms with Crippen molar-refractivity contribution >= 4 is 23.6 Å². The fraction of sp³-hybridized carbons (Fsp3) is 0.471. The molecule has 3 fully saturated rings. The van der Waals surface area contributed by atoms with Crippen LogP contribution in [0.2, 0.25) is 5.02 Å². The highest BCUT2D eigenvalue weighted by Crippen LogP contribution is 2.32. The van der Waals surface area contributed by atoms with Gasteiger partial charge in [0.15, 0.2) is 0 Å². The molecule has 0 saturated carbocycles. The lowest BCUT2D eigenvalue weighted by Gasteiger charge is -2.56. The summed E-state index contributed by atoms with van der Waals surface area (Å²) in [5.74, 6) is 0.288. The van der Waals surface area contributed by atoms with Gasteiger partial charge in [-0.3, -0.25) is 9.69 Å². The lowest BCUT2D eigenvalue weighted by molar-refractivity contribution is -0.142. The minimum Gasteiger partial charge on any atom is -0.340 e. The molecule has 21 heavy (non-hydrogen) atoms. The topological polar surface area (TPSA) is 23.6 Å². The van der Waals surface area contributed by atoms with Crippen molar-refractivity contribution in [2.24, 2.45) is 0 Å². The lowest BCUT2D eigenvalue weighted by Crippen LogP contribution is -2.69. The number of nitrogens with zero attached hydrogens (tertiary/aromatic N) is 2. The van der Waals surface area contributed by atoms with Gasteiger partial charge in [-0.1, -0.05) is 48.9 Å². The van der Waals surface area contributed by atoms with Crippen LogP contribution in [0.1, 0.15) is 25.3 Å². The van der Waals surface area contributed by atoms with Gasteiger partial charge in [0.1, 0.15) is 0 Å². The summed E-state index contributed by atoms with van der Waals surface area (Å²) in [7, 11) is 0. The van der Waals surface area contributed by atoms with E-state index in [-0.39, 0.29) is 5.91 Å². The third-order valence-corrected chi connectivity index (χ3v) is 4.86. The van der Waals surface area contributed by atoms with E-state index in [0.29, 0.717) is 18.5 Å². The first kappa shape index (κ1) is 14.6. The highest BCUT2D eigenvalue weighted by atomic mass is 35.5. The molecule has 3 heterocycles. The fourth-order valence-corrected chi connectivity index (χ4v) is 3.52. The molecule has 0 aliphatic carbocycles. The van der Waals surface area contributed by atoms with E-state index in [4.69, 9.17) is 11.6 Å². The van der Waals surface area contributed by atoms with Crippen LogP contribution in [-0.2, 0) is 4.79 Å². The van der Waals surface area contributed by atoms with Crippen molar-refractivity contribution in [3.63, 3.8) is 0 Å². The van der Waals surface area contributed by atoms with E-state index in [0.717, 1.165) is 30.2 Å². The first-order chi connectivity index (χ1) is 10.2. The number of piperidine rings is 1. The van der Waals surface area contributed by atoms with Crippen molar-refractivity contribution in [3.8, 4) is 0 Å². The van der Waals surface area contributed by atoms with Crippen molar-refractivity contribution in [2.75, 3.05) is 19.6 Å². The summed E-state index contributed by atoms with van der Waals surface area (Å²) >= 11 is 6.14. The van der Waals surface area contributed by atoms with E-state index in [1.807, 2.05) is 36.1 Å². The Morgan fingerprint density at radius 3 is 2.71 bits per heavy atom. The number of hydrogen-bond acceptors (Lipinski definition) is 2. The standard InChI is InChI=1S/C17H21ClN2O/c1-2-17(21)19-11-14-10-15(12-19)20(14)9-5-7-13-6-3-4-8-16(13)18/h3-8,14-15H,2,9-12H2,1H3/b7-5-. The molecule has 3 aliphatic heterocycles. The summed E-state index contributed by atoms with van der Waals surface area (Å²) in [5.41, 5.74) is 1.06. The number of halogens is 1. The Balaban J connectivity index is 1.55. The lowest BCUT2D eigenvalue weighted by atomic mass is 9.87. The van der Waals surface area contributed by atoms with Gasteiger partial charge >= 0.3 is 0 Å². The molecule has 2 unspecified atom stereocenters. The van der Waals surface area contributed by atoms with E-state index in [1.165, 1.54) is 6.42 Å². The van der Waals surface area contributed by atoms with Crippen LogP contribution in [0.15, 0.2) is 30.3 Å². The van der Waals surface area contributed by atoms with Gasteiger partial charge < -0.3 is 4.90 Å². The SMILES string of the molecule is CCC(=O)N1CC2CC(C1)N2C/C=C\c1ccccc1Cl. The Hall–Kier alpha value is -1.32. The molecule has 0 aromatic heterocycles. The van der Waals surface area contributed by atoms with E-state index < -0.39 is 0 Å². The van der Waals surface area contributed by atoms with Crippen LogP contribution in [0.25, 0.3) is 6.08 Å². The molecule has 4 heteroatoms. The van der Waals surface area contributed by atoms with Crippen LogP contribution >= 0.6 is 11.6 Å². The molecule has 0 radical (unpaired) electrons. The largest absolute Gasteiger partial charge is 0.340 e. The van der Waals surface area contributed by atoms with E-state index in [2.05, 4.69) is 17.1 Å². The van der Waals surface area contributed by atoms with Gasteiger partial charge in [-0.2, -0.15) is 0 Å². The van der Waals surface area contributed by atoms with Crippen LogP contribution in [0.3, 0.4) is 0 Å². The van der Waals surface area contributed by atoms with Gasteiger partial charge in [-0.05, 0) is 18.1 Å². The Morgan fingerprint density at radius 1 is 1.33 bits per heavy atom. The van der Waals surface area contributed by atoms with Crippen LogP contribution in [-0.4, -0.2) is 47.4 Å². The number of rotatable bonds is 4. The molecular weight excluding hydrogens is 284 g/mol. The minimum atomic E-state index is 0.288. The number of carbonyl (C=O) groups is 1. The maximum Gasteiger partial charge on any atom is 0.222 e. The summed E-state index contributed by atoms with van der Waals surface area (Å²) < 4.78 is 0. The predicted octanol–water partition coefficient (Wildman–Crippen LogP) is 3.05. The van der Waals surface area contributed by atoms with Gasteiger partial charge in [0.05, 0.1) is 0 Å². The van der Waals surface area contributed by atoms with E-state index >= 15 is 0 Å². The van der Waals surface area contributed by atoms with Crippen LogP contribution in [0.5, 0.6) is 0 Å². The molecule has 2 atom stereocenters. The third-order valence-electron chi connectivity index (χ3n) is 4.52. The summed E-state index contributed by atoms with van der Waals surface area (Å²) in [6, 6.07) is 8.95. The third kappa shape index (κ3) is 2.99. The van der Waals surface area contributed by atoms with Crippen LogP contribution in [0, 0.1) is 0 Å². The summed E-state index contributed by atoms with van der Waals surface area (Å²) in [4.78, 5) is 16.3. The highest BCUT2D eigenvalue weighted by Gasteiger charge is 2.44. The van der Waals surface area contributed by atoms with Crippen molar-refractivity contribution in [1.29, 1.82) is 0 Å². The second kappa shape index (κ2) is 6.20. The van der Waals surface area contributed by atoms with Gasteiger partial charge in [0.2, 0.25) is 5.91 Å². The fourth-order valence-electron chi connectivity index (χ4n) is 3.32. The monoisotopic (exact) mass is 304 g/mol. The Labute approximate surface area is 131 Å². The second-order valence-electron chi connectivity index (χ2n) is 5.82. The zero-order valence-electron chi connectivity index (χ0n) is 12.3. The average Bonchev–Trinajstić information content (AvgIpc) is 2.52. The van der Waals surface area contributed by atoms with E-state index in [9.17, 15) is 4.79 Å². The molecule has 112 valence electrons. The Morgan fingerprint density at radius 2 is 2.05 bits per heavy atom. The first-order valence-electron chi connectivity index (χ1n) is 7.63. The molecular formula is C17H21ClN2O. The molecule has 3 saturated heterocycles. The van der Waals surface area contributed by atoms with Crippen molar-refractivity contribution in [2.45, 2.75) is 31.8 Å². The predicted molar refractivity (Wildman–Crippen MR) is 86.3 cm³/mol. The van der Waals surface area contributed by atoms with Crippen molar-refractivity contribution in [3.05, 3.63) is 40.9 Å². The summed E-state index contributed by atoms with van der Waals surface area (Å²) in [5, 5.41) is 0.789. The summed E-state index contributed by atoms with van der Waals surface area (Å²) in [6.07, 6.45) is 6.11. The molecule has 0 spiro atoms. The van der Waals surface area contributed by atoms with Gasteiger partial charge in [0, 0.05) is 43.2 Å². The van der Waals surface area contributed by atoms with Gasteiger partial charge in [-0.15, -0.1) is 0 Å². The number of fused-ring (bicyclic) bond motifs is 2. The Kier molecular flexibility index (Phi) is 4.32. The van der Waals surface area contributed by atoms with E-state index in [1.54, 1.807) is 0 Å². The van der Waals surface area contributed by atoms with Crippen LogP contribution < -0.4 is 0 Å². The van der Waals surface area contributed by atoms with Gasteiger partial charge in [-0.25, -0.2) is 0 Å². The zero-order chi connectivity index (χ0) is 14.8. The highest BCUT2D eigenvalue weighted by molar-refractivity contribution is 6.32. The average molecular weight is 305 g/mol.